The minimum atomic E-state index is -3.67. The Morgan fingerprint density at radius 2 is 1.95 bits per heavy atom. The number of nitrogens with zero attached hydrogens (tertiary/aromatic N) is 2. The number of rotatable bonds is 5. The van der Waals surface area contributed by atoms with Crippen molar-refractivity contribution in [2.75, 3.05) is 13.6 Å². The summed E-state index contributed by atoms with van der Waals surface area (Å²) in [4.78, 5) is 4.18. The highest BCUT2D eigenvalue weighted by Crippen LogP contribution is 2.27. The number of hydrogen-bond acceptors (Lipinski definition) is 3. The molecule has 2 aromatic rings. The van der Waals surface area contributed by atoms with Gasteiger partial charge in [0.1, 0.15) is 4.90 Å². The van der Waals surface area contributed by atoms with Gasteiger partial charge in [-0.2, -0.15) is 0 Å². The zero-order valence-electron chi connectivity index (χ0n) is 11.3. The maximum Gasteiger partial charge on any atom is 0.244 e. The molecule has 4 nitrogen and oxygen atoms in total. The van der Waals surface area contributed by atoms with Crippen molar-refractivity contribution in [2.24, 2.45) is 0 Å². The number of hydrogen-bond donors (Lipinski definition) is 0. The molecule has 21 heavy (non-hydrogen) atoms. The van der Waals surface area contributed by atoms with Crippen LogP contribution < -0.4 is 0 Å². The van der Waals surface area contributed by atoms with E-state index >= 15 is 0 Å². The molecule has 0 bridgehead atoms. The number of halogens is 2. The molecule has 1 aromatic heterocycles. The monoisotopic (exact) mass is 344 g/mol. The highest BCUT2D eigenvalue weighted by Gasteiger charge is 2.23. The van der Waals surface area contributed by atoms with Crippen molar-refractivity contribution in [1.82, 2.24) is 9.29 Å². The molecule has 0 aliphatic heterocycles. The third kappa shape index (κ3) is 3.95. The molecule has 0 radical (unpaired) electrons. The molecule has 0 aliphatic carbocycles. The number of sulfonamides is 1. The van der Waals surface area contributed by atoms with Gasteiger partial charge in [-0.25, -0.2) is 12.7 Å². The van der Waals surface area contributed by atoms with Crippen LogP contribution in [0.5, 0.6) is 0 Å². The van der Waals surface area contributed by atoms with E-state index in [1.165, 1.54) is 23.5 Å². The van der Waals surface area contributed by atoms with Gasteiger partial charge < -0.3 is 0 Å². The van der Waals surface area contributed by atoms with Gasteiger partial charge >= 0.3 is 0 Å². The molecule has 0 aliphatic rings. The van der Waals surface area contributed by atoms with Crippen LogP contribution >= 0.6 is 23.2 Å². The molecular weight excluding hydrogens is 331 g/mol. The Balaban J connectivity index is 2.17. The quantitative estimate of drug-likeness (QED) is 0.836. The Kier molecular flexibility index (Phi) is 5.22. The summed E-state index contributed by atoms with van der Waals surface area (Å²) in [6, 6.07) is 9.92. The van der Waals surface area contributed by atoms with Gasteiger partial charge in [-0.1, -0.05) is 29.3 Å². The number of benzene rings is 1. The van der Waals surface area contributed by atoms with Crippen LogP contribution in [0.2, 0.25) is 10.0 Å². The van der Waals surface area contributed by atoms with E-state index in [1.54, 1.807) is 12.3 Å². The van der Waals surface area contributed by atoms with Gasteiger partial charge in [-0.05, 0) is 30.3 Å². The first-order valence-corrected chi connectivity index (χ1v) is 8.42. The standard InChI is InChI=1S/C14H14Cl2N2O2S/c1-18(9-7-12-4-2-3-8-17-12)21(19,20)14-10-11(15)5-6-13(14)16/h2-6,8,10H,7,9H2,1H3. The van der Waals surface area contributed by atoms with Crippen molar-refractivity contribution in [1.29, 1.82) is 0 Å². The van der Waals surface area contributed by atoms with Crippen molar-refractivity contribution in [3.63, 3.8) is 0 Å². The lowest BCUT2D eigenvalue weighted by Gasteiger charge is -2.18. The van der Waals surface area contributed by atoms with E-state index in [9.17, 15) is 8.42 Å². The maximum atomic E-state index is 12.5. The fraction of sp³-hybridized carbons (Fsp3) is 0.214. The number of pyridine rings is 1. The molecule has 7 heteroatoms. The largest absolute Gasteiger partial charge is 0.261 e. The molecule has 0 saturated heterocycles. The van der Waals surface area contributed by atoms with E-state index < -0.39 is 10.0 Å². The SMILES string of the molecule is CN(CCc1ccccn1)S(=O)(=O)c1cc(Cl)ccc1Cl. The van der Waals surface area contributed by atoms with E-state index in [0.29, 0.717) is 18.0 Å². The van der Waals surface area contributed by atoms with Gasteiger partial charge in [0.25, 0.3) is 0 Å². The molecule has 0 spiro atoms. The summed E-state index contributed by atoms with van der Waals surface area (Å²) in [5.41, 5.74) is 0.830. The van der Waals surface area contributed by atoms with E-state index in [2.05, 4.69) is 4.98 Å². The van der Waals surface area contributed by atoms with Gasteiger partial charge in [0.2, 0.25) is 10.0 Å². The summed E-state index contributed by atoms with van der Waals surface area (Å²) < 4.78 is 26.2. The highest BCUT2D eigenvalue weighted by molar-refractivity contribution is 7.89. The van der Waals surface area contributed by atoms with Crippen LogP contribution in [0.3, 0.4) is 0 Å². The fourth-order valence-electron chi connectivity index (χ4n) is 1.78. The van der Waals surface area contributed by atoms with Crippen molar-refractivity contribution < 1.29 is 8.42 Å². The summed E-state index contributed by atoms with van der Waals surface area (Å²) >= 11 is 11.8. The molecule has 1 aromatic carbocycles. The summed E-state index contributed by atoms with van der Waals surface area (Å²) in [5, 5.41) is 0.486. The molecule has 0 amide bonds. The molecular formula is C14H14Cl2N2O2S. The molecule has 1 heterocycles. The lowest BCUT2D eigenvalue weighted by molar-refractivity contribution is 0.471. The summed E-state index contributed by atoms with van der Waals surface area (Å²) in [6.45, 7) is 0.308. The van der Waals surface area contributed by atoms with Crippen molar-refractivity contribution in [2.45, 2.75) is 11.3 Å². The van der Waals surface area contributed by atoms with Gasteiger partial charge in [0, 0.05) is 36.9 Å². The average Bonchev–Trinajstić information content (AvgIpc) is 2.48. The third-order valence-corrected chi connectivity index (χ3v) is 5.56. The third-order valence-electron chi connectivity index (χ3n) is 2.99. The van der Waals surface area contributed by atoms with E-state index in [1.807, 2.05) is 18.2 Å². The van der Waals surface area contributed by atoms with Crippen LogP contribution in [0.25, 0.3) is 0 Å². The molecule has 0 saturated carbocycles. The molecule has 0 atom stereocenters. The van der Waals surface area contributed by atoms with Crippen LogP contribution in [0.1, 0.15) is 5.69 Å². The summed E-state index contributed by atoms with van der Waals surface area (Å²) in [7, 11) is -2.16. The Bertz CT molecular complexity index is 721. The lowest BCUT2D eigenvalue weighted by Crippen LogP contribution is -2.29. The first-order chi connectivity index (χ1) is 9.91. The molecule has 0 N–H and O–H groups in total. The Morgan fingerprint density at radius 3 is 2.62 bits per heavy atom. The van der Waals surface area contributed by atoms with E-state index in [0.717, 1.165) is 5.69 Å². The number of likely N-dealkylation sites (N-methyl/N-ethyl adjacent to an activating group) is 1. The Hall–Kier alpha value is -1.14. The normalized spacial score (nSPS) is 11.8. The van der Waals surface area contributed by atoms with Crippen molar-refractivity contribution in [3.8, 4) is 0 Å². The van der Waals surface area contributed by atoms with Crippen LogP contribution in [-0.2, 0) is 16.4 Å². The molecule has 0 fully saturated rings. The fourth-order valence-corrected chi connectivity index (χ4v) is 3.69. The first-order valence-electron chi connectivity index (χ1n) is 6.22. The second-order valence-corrected chi connectivity index (χ2v) is 7.33. The molecule has 2 rings (SSSR count). The summed E-state index contributed by atoms with van der Waals surface area (Å²) in [6.07, 6.45) is 2.20. The average molecular weight is 345 g/mol. The second kappa shape index (κ2) is 6.75. The van der Waals surface area contributed by atoms with Gasteiger partial charge in [-0.3, -0.25) is 4.98 Å². The highest BCUT2D eigenvalue weighted by atomic mass is 35.5. The smallest absolute Gasteiger partial charge is 0.244 e. The minimum Gasteiger partial charge on any atom is -0.261 e. The van der Waals surface area contributed by atoms with Gasteiger partial charge in [0.15, 0.2) is 0 Å². The Morgan fingerprint density at radius 1 is 1.19 bits per heavy atom. The van der Waals surface area contributed by atoms with E-state index in [-0.39, 0.29) is 9.92 Å². The van der Waals surface area contributed by atoms with Crippen molar-refractivity contribution >= 4 is 33.2 Å². The summed E-state index contributed by atoms with van der Waals surface area (Å²) in [5.74, 6) is 0. The zero-order chi connectivity index (χ0) is 15.5. The predicted octanol–water partition coefficient (Wildman–Crippen LogP) is 3.25. The molecule has 0 unspecified atom stereocenters. The van der Waals surface area contributed by atoms with E-state index in [4.69, 9.17) is 23.2 Å². The first kappa shape index (κ1) is 16.2. The van der Waals surface area contributed by atoms with Crippen LogP contribution in [0.15, 0.2) is 47.5 Å². The predicted molar refractivity (Wildman–Crippen MR) is 84.2 cm³/mol. The van der Waals surface area contributed by atoms with Gasteiger partial charge in [-0.15, -0.1) is 0 Å². The Labute approximate surface area is 134 Å². The van der Waals surface area contributed by atoms with Crippen LogP contribution in [0, 0.1) is 0 Å². The van der Waals surface area contributed by atoms with Crippen molar-refractivity contribution in [3.05, 3.63) is 58.3 Å². The second-order valence-electron chi connectivity index (χ2n) is 4.47. The molecule has 112 valence electrons. The zero-order valence-corrected chi connectivity index (χ0v) is 13.7. The minimum absolute atomic E-state index is 0.0141. The maximum absolute atomic E-state index is 12.5. The number of aromatic nitrogens is 1. The van der Waals surface area contributed by atoms with Crippen LogP contribution in [0.4, 0.5) is 0 Å². The van der Waals surface area contributed by atoms with Crippen LogP contribution in [-0.4, -0.2) is 31.3 Å². The van der Waals surface area contributed by atoms with Gasteiger partial charge in [0.05, 0.1) is 5.02 Å². The lowest BCUT2D eigenvalue weighted by atomic mass is 10.3. The topological polar surface area (TPSA) is 50.3 Å².